The van der Waals surface area contributed by atoms with Gasteiger partial charge in [0.15, 0.2) is 0 Å². The smallest absolute Gasteiger partial charge is 0.107 e. The van der Waals surface area contributed by atoms with Gasteiger partial charge in [-0.1, -0.05) is 18.2 Å². The highest BCUT2D eigenvalue weighted by molar-refractivity contribution is 5.03. The summed E-state index contributed by atoms with van der Waals surface area (Å²) in [6.07, 6.45) is 4.62. The Hall–Kier alpha value is -0.560. The van der Waals surface area contributed by atoms with Gasteiger partial charge in [0.1, 0.15) is 5.60 Å². The van der Waals surface area contributed by atoms with E-state index < -0.39 is 0 Å². The van der Waals surface area contributed by atoms with Crippen molar-refractivity contribution in [2.24, 2.45) is 5.92 Å². The van der Waals surface area contributed by atoms with Crippen LogP contribution in [0, 0.1) is 5.92 Å². The Kier molecular flexibility index (Phi) is 2.73. The summed E-state index contributed by atoms with van der Waals surface area (Å²) in [5, 5.41) is 0. The van der Waals surface area contributed by atoms with Gasteiger partial charge in [-0.25, -0.2) is 0 Å². The predicted octanol–water partition coefficient (Wildman–Crippen LogP) is 2.93. The summed E-state index contributed by atoms with van der Waals surface area (Å²) < 4.78 is 4.93. The van der Waals surface area contributed by atoms with Crippen molar-refractivity contribution < 1.29 is 4.74 Å². The molecular formula is C11H18O. The normalized spacial score (nSPS) is 31.5. The highest BCUT2D eigenvalue weighted by atomic mass is 16.6. The largest absolute Gasteiger partial charge is 0.365 e. The molecule has 1 unspecified atom stereocenters. The monoisotopic (exact) mass is 166 g/mol. The van der Waals surface area contributed by atoms with Crippen LogP contribution in [0.4, 0.5) is 0 Å². The van der Waals surface area contributed by atoms with Crippen molar-refractivity contribution in [3.63, 3.8) is 0 Å². The molecule has 1 saturated carbocycles. The highest BCUT2D eigenvalue weighted by Crippen LogP contribution is 2.34. The third-order valence-corrected chi connectivity index (χ3v) is 2.31. The lowest BCUT2D eigenvalue weighted by Gasteiger charge is -1.86. The summed E-state index contributed by atoms with van der Waals surface area (Å²) in [6.45, 7) is 12.4. The van der Waals surface area contributed by atoms with Gasteiger partial charge >= 0.3 is 0 Å². The van der Waals surface area contributed by atoms with Gasteiger partial charge in [0.25, 0.3) is 0 Å². The van der Waals surface area contributed by atoms with Crippen molar-refractivity contribution in [2.45, 2.75) is 32.3 Å². The van der Waals surface area contributed by atoms with E-state index in [1.54, 1.807) is 0 Å². The standard InChI is InChI=1S/C6H10.C5H8O/c1-5(2)6-3-4-6;1-3-5(2)4-6-5/h6H,1,3-4H2,2H3;3H,1,4H2,2H3. The fourth-order valence-electron chi connectivity index (χ4n) is 0.808. The zero-order valence-electron chi connectivity index (χ0n) is 8.10. The summed E-state index contributed by atoms with van der Waals surface area (Å²) in [6, 6.07) is 0. The maximum atomic E-state index is 4.93. The van der Waals surface area contributed by atoms with Crippen molar-refractivity contribution in [2.75, 3.05) is 6.61 Å². The summed E-state index contributed by atoms with van der Waals surface area (Å²) in [5.74, 6) is 0.907. The molecule has 0 N–H and O–H groups in total. The van der Waals surface area contributed by atoms with Crippen LogP contribution < -0.4 is 0 Å². The molecule has 0 aromatic rings. The van der Waals surface area contributed by atoms with Crippen LogP contribution in [0.15, 0.2) is 24.8 Å². The molecule has 0 spiro atoms. The third-order valence-electron chi connectivity index (χ3n) is 2.31. The number of hydrogen-bond donors (Lipinski definition) is 0. The minimum absolute atomic E-state index is 0.0556. The molecule has 2 aliphatic rings. The molecule has 2 rings (SSSR count). The van der Waals surface area contributed by atoms with Gasteiger partial charge in [0, 0.05) is 0 Å². The number of hydrogen-bond acceptors (Lipinski definition) is 1. The lowest BCUT2D eigenvalue weighted by atomic mass is 10.2. The van der Waals surface area contributed by atoms with Gasteiger partial charge in [-0.2, -0.15) is 0 Å². The first-order valence-electron chi connectivity index (χ1n) is 4.50. The molecule has 1 aliphatic carbocycles. The second-order valence-corrected chi connectivity index (χ2v) is 3.93. The van der Waals surface area contributed by atoms with E-state index in [1.165, 1.54) is 18.4 Å². The molecule has 1 saturated heterocycles. The average molecular weight is 166 g/mol. The van der Waals surface area contributed by atoms with E-state index >= 15 is 0 Å². The molecule has 1 atom stereocenters. The van der Waals surface area contributed by atoms with Crippen LogP contribution >= 0.6 is 0 Å². The van der Waals surface area contributed by atoms with Crippen molar-refractivity contribution in [1.82, 2.24) is 0 Å². The van der Waals surface area contributed by atoms with E-state index in [0.717, 1.165) is 12.5 Å². The van der Waals surface area contributed by atoms with E-state index in [4.69, 9.17) is 4.74 Å². The Morgan fingerprint density at radius 2 is 2.08 bits per heavy atom. The number of epoxide rings is 1. The lowest BCUT2D eigenvalue weighted by molar-refractivity contribution is 0.370. The topological polar surface area (TPSA) is 12.5 Å². The Morgan fingerprint density at radius 1 is 1.58 bits per heavy atom. The molecule has 0 aromatic carbocycles. The van der Waals surface area contributed by atoms with Gasteiger partial charge in [0.05, 0.1) is 6.61 Å². The first kappa shape index (κ1) is 9.53. The van der Waals surface area contributed by atoms with Crippen LogP contribution in [0.5, 0.6) is 0 Å². The van der Waals surface area contributed by atoms with Crippen LogP contribution in [0.2, 0.25) is 0 Å². The number of rotatable bonds is 2. The van der Waals surface area contributed by atoms with Crippen molar-refractivity contribution in [3.8, 4) is 0 Å². The molecule has 2 fully saturated rings. The molecule has 1 nitrogen and oxygen atoms in total. The molecular weight excluding hydrogens is 148 g/mol. The third kappa shape index (κ3) is 3.22. The molecule has 12 heavy (non-hydrogen) atoms. The first-order chi connectivity index (χ1) is 5.57. The van der Waals surface area contributed by atoms with E-state index in [1.807, 2.05) is 13.0 Å². The van der Waals surface area contributed by atoms with Gasteiger partial charge in [-0.05, 0) is 32.6 Å². The molecule has 1 heterocycles. The molecule has 0 amide bonds. The quantitative estimate of drug-likeness (QED) is 0.454. The van der Waals surface area contributed by atoms with Crippen LogP contribution in [0.1, 0.15) is 26.7 Å². The Bertz CT molecular complexity index is 185. The second kappa shape index (κ2) is 3.44. The zero-order valence-corrected chi connectivity index (χ0v) is 8.10. The van der Waals surface area contributed by atoms with Crippen molar-refractivity contribution >= 4 is 0 Å². The Labute approximate surface area is 75.1 Å². The van der Waals surface area contributed by atoms with Gasteiger partial charge < -0.3 is 4.74 Å². The average Bonchev–Trinajstić information content (AvgIpc) is 2.83. The minimum Gasteiger partial charge on any atom is -0.365 e. The van der Waals surface area contributed by atoms with Gasteiger partial charge in [-0.3, -0.25) is 0 Å². The summed E-state index contributed by atoms with van der Waals surface area (Å²) in [7, 11) is 0. The molecule has 1 aliphatic heterocycles. The van der Waals surface area contributed by atoms with Crippen molar-refractivity contribution in [1.29, 1.82) is 0 Å². The Morgan fingerprint density at radius 3 is 2.08 bits per heavy atom. The lowest BCUT2D eigenvalue weighted by Crippen LogP contribution is -1.94. The first-order valence-corrected chi connectivity index (χ1v) is 4.50. The van der Waals surface area contributed by atoms with Gasteiger partial charge in [0.2, 0.25) is 0 Å². The van der Waals surface area contributed by atoms with Gasteiger partial charge in [-0.15, -0.1) is 6.58 Å². The van der Waals surface area contributed by atoms with Crippen molar-refractivity contribution in [3.05, 3.63) is 24.8 Å². The number of ether oxygens (including phenoxy) is 1. The SMILES string of the molecule is C=C(C)C1CC1.C=CC1(C)CO1. The Balaban J connectivity index is 0.000000120. The van der Waals surface area contributed by atoms with Crippen LogP contribution in [0.25, 0.3) is 0 Å². The number of allylic oxidation sites excluding steroid dienone is 1. The molecule has 68 valence electrons. The van der Waals surface area contributed by atoms with Crippen LogP contribution in [0.3, 0.4) is 0 Å². The predicted molar refractivity (Wildman–Crippen MR) is 52.1 cm³/mol. The maximum Gasteiger partial charge on any atom is 0.107 e. The fourth-order valence-corrected chi connectivity index (χ4v) is 0.808. The molecule has 0 aromatic heterocycles. The maximum absolute atomic E-state index is 4.93. The minimum atomic E-state index is 0.0556. The summed E-state index contributed by atoms with van der Waals surface area (Å²) in [5.41, 5.74) is 1.43. The molecule has 1 heteroatoms. The van der Waals surface area contributed by atoms with E-state index in [9.17, 15) is 0 Å². The van der Waals surface area contributed by atoms with Crippen LogP contribution in [-0.2, 0) is 4.74 Å². The van der Waals surface area contributed by atoms with E-state index in [0.29, 0.717) is 0 Å². The van der Waals surface area contributed by atoms with E-state index in [-0.39, 0.29) is 5.60 Å². The summed E-state index contributed by atoms with van der Waals surface area (Å²) >= 11 is 0. The molecule has 0 radical (unpaired) electrons. The zero-order chi connectivity index (χ0) is 9.19. The van der Waals surface area contributed by atoms with E-state index in [2.05, 4.69) is 20.1 Å². The highest BCUT2D eigenvalue weighted by Gasteiger charge is 2.34. The second-order valence-electron chi connectivity index (χ2n) is 3.93. The fraction of sp³-hybridized carbons (Fsp3) is 0.636. The summed E-state index contributed by atoms with van der Waals surface area (Å²) in [4.78, 5) is 0. The molecule has 0 bridgehead atoms. The van der Waals surface area contributed by atoms with Crippen LogP contribution in [-0.4, -0.2) is 12.2 Å².